The Bertz CT molecular complexity index is 1020. The Labute approximate surface area is 193 Å². The molecule has 1 atom stereocenters. The molecule has 2 aromatic heterocycles. The molecule has 2 N–H and O–H groups in total. The predicted molar refractivity (Wildman–Crippen MR) is 126 cm³/mol. The number of nitrogens with one attached hydrogen (secondary N) is 2. The van der Waals surface area contributed by atoms with Gasteiger partial charge in [0.2, 0.25) is 0 Å². The first kappa shape index (κ1) is 22.4. The fraction of sp³-hybridized carbons (Fsp3) is 0.280. The van der Waals surface area contributed by atoms with Gasteiger partial charge in [-0.15, -0.1) is 0 Å². The van der Waals surface area contributed by atoms with Crippen LogP contribution in [0.3, 0.4) is 0 Å². The van der Waals surface area contributed by atoms with Crippen molar-refractivity contribution in [2.75, 3.05) is 37.6 Å². The van der Waals surface area contributed by atoms with Crippen LogP contribution in [0.1, 0.15) is 17.2 Å². The fourth-order valence-corrected chi connectivity index (χ4v) is 3.99. The smallest absolute Gasteiger partial charge is 0.309 e. The first-order chi connectivity index (χ1) is 16.2. The summed E-state index contributed by atoms with van der Waals surface area (Å²) in [5.74, 6) is -1.29. The minimum Gasteiger partial charge on any atom is -0.369 e. The predicted octanol–water partition coefficient (Wildman–Crippen LogP) is 1.77. The minimum absolute atomic E-state index is 0.0615. The number of hydrogen-bond donors (Lipinski definition) is 2. The standard InChI is InChI=1S/C25H28N6O2/c32-24(28-17-20-8-11-26-12-9-20)25(33)29-19-23(21-5-4-10-27-18-21)31-15-13-30(14-16-31)22-6-2-1-3-7-22/h1-12,18,23H,13-17,19H2,(H,28,32)(H,29,33)/t23-/m0/s1. The summed E-state index contributed by atoms with van der Waals surface area (Å²) < 4.78 is 0. The van der Waals surface area contributed by atoms with E-state index in [4.69, 9.17) is 0 Å². The van der Waals surface area contributed by atoms with Crippen LogP contribution < -0.4 is 15.5 Å². The maximum atomic E-state index is 12.4. The molecular weight excluding hydrogens is 416 g/mol. The van der Waals surface area contributed by atoms with E-state index in [1.807, 2.05) is 24.4 Å². The van der Waals surface area contributed by atoms with Crippen molar-refractivity contribution in [2.24, 2.45) is 0 Å². The second-order valence-corrected chi connectivity index (χ2v) is 7.91. The van der Waals surface area contributed by atoms with E-state index in [1.54, 1.807) is 30.7 Å². The number of aromatic nitrogens is 2. The van der Waals surface area contributed by atoms with Crippen LogP contribution in [0.15, 0.2) is 79.4 Å². The van der Waals surface area contributed by atoms with Gasteiger partial charge in [0.1, 0.15) is 0 Å². The minimum atomic E-state index is -0.648. The number of carbonyl (C=O) groups excluding carboxylic acids is 2. The largest absolute Gasteiger partial charge is 0.369 e. The van der Waals surface area contributed by atoms with Crippen molar-refractivity contribution >= 4 is 17.5 Å². The molecule has 3 heterocycles. The molecule has 2 amide bonds. The summed E-state index contributed by atoms with van der Waals surface area (Å²) in [7, 11) is 0. The molecule has 0 bridgehead atoms. The van der Waals surface area contributed by atoms with Gasteiger partial charge >= 0.3 is 11.8 Å². The monoisotopic (exact) mass is 444 g/mol. The fourth-order valence-electron chi connectivity index (χ4n) is 3.99. The van der Waals surface area contributed by atoms with Gasteiger partial charge in [-0.1, -0.05) is 24.3 Å². The van der Waals surface area contributed by atoms with Gasteiger partial charge in [0.15, 0.2) is 0 Å². The second kappa shape index (κ2) is 11.2. The van der Waals surface area contributed by atoms with Crippen LogP contribution in [0.4, 0.5) is 5.69 Å². The van der Waals surface area contributed by atoms with Crippen LogP contribution >= 0.6 is 0 Å². The Kier molecular flexibility index (Phi) is 7.60. The molecule has 1 aromatic carbocycles. The van der Waals surface area contributed by atoms with Crippen molar-refractivity contribution in [3.8, 4) is 0 Å². The third-order valence-electron chi connectivity index (χ3n) is 5.81. The van der Waals surface area contributed by atoms with E-state index < -0.39 is 11.8 Å². The lowest BCUT2D eigenvalue weighted by atomic mass is 10.1. The number of amides is 2. The topological polar surface area (TPSA) is 90.5 Å². The van der Waals surface area contributed by atoms with Crippen molar-refractivity contribution in [3.63, 3.8) is 0 Å². The number of rotatable bonds is 7. The molecule has 0 unspecified atom stereocenters. The molecule has 8 nitrogen and oxygen atoms in total. The Morgan fingerprint density at radius 1 is 0.818 bits per heavy atom. The summed E-state index contributed by atoms with van der Waals surface area (Å²) in [5, 5.41) is 5.47. The summed E-state index contributed by atoms with van der Waals surface area (Å²) in [5.41, 5.74) is 3.12. The van der Waals surface area contributed by atoms with E-state index in [0.717, 1.165) is 37.3 Å². The number of carbonyl (C=O) groups is 2. The summed E-state index contributed by atoms with van der Waals surface area (Å²) in [6, 6.07) is 17.8. The zero-order valence-corrected chi connectivity index (χ0v) is 18.4. The normalized spacial score (nSPS) is 15.0. The number of benzene rings is 1. The van der Waals surface area contributed by atoms with Gasteiger partial charge in [0, 0.05) is 69.7 Å². The zero-order chi connectivity index (χ0) is 22.9. The Hall–Kier alpha value is -3.78. The van der Waals surface area contributed by atoms with Crippen LogP contribution in [-0.4, -0.2) is 59.4 Å². The van der Waals surface area contributed by atoms with Gasteiger partial charge in [-0.3, -0.25) is 24.5 Å². The van der Waals surface area contributed by atoms with Crippen LogP contribution in [0.2, 0.25) is 0 Å². The van der Waals surface area contributed by atoms with E-state index >= 15 is 0 Å². The van der Waals surface area contributed by atoms with Crippen LogP contribution in [0.25, 0.3) is 0 Å². The highest BCUT2D eigenvalue weighted by Gasteiger charge is 2.26. The SMILES string of the molecule is O=C(NCc1ccncc1)C(=O)NC[C@@H](c1cccnc1)N1CCN(c2ccccc2)CC1. The van der Waals surface area contributed by atoms with E-state index in [-0.39, 0.29) is 12.6 Å². The van der Waals surface area contributed by atoms with E-state index in [2.05, 4.69) is 54.7 Å². The Morgan fingerprint density at radius 3 is 2.24 bits per heavy atom. The van der Waals surface area contributed by atoms with Gasteiger partial charge in [0.25, 0.3) is 0 Å². The molecule has 1 aliphatic heterocycles. The lowest BCUT2D eigenvalue weighted by molar-refractivity contribution is -0.139. The quantitative estimate of drug-likeness (QED) is 0.540. The number of nitrogens with zero attached hydrogens (tertiary/aromatic N) is 4. The number of para-hydroxylation sites is 1. The van der Waals surface area contributed by atoms with Crippen LogP contribution in [0, 0.1) is 0 Å². The highest BCUT2D eigenvalue weighted by atomic mass is 16.2. The van der Waals surface area contributed by atoms with Gasteiger partial charge in [-0.25, -0.2) is 0 Å². The second-order valence-electron chi connectivity index (χ2n) is 7.91. The molecule has 170 valence electrons. The first-order valence-electron chi connectivity index (χ1n) is 11.1. The molecule has 1 fully saturated rings. The van der Waals surface area contributed by atoms with Gasteiger partial charge < -0.3 is 15.5 Å². The number of piperazine rings is 1. The molecule has 0 spiro atoms. The maximum absolute atomic E-state index is 12.4. The summed E-state index contributed by atoms with van der Waals surface area (Å²) in [4.78, 5) is 37.6. The average Bonchev–Trinajstić information content (AvgIpc) is 2.89. The molecule has 3 aromatic rings. The number of hydrogen-bond acceptors (Lipinski definition) is 6. The lowest BCUT2D eigenvalue weighted by Gasteiger charge is -2.40. The maximum Gasteiger partial charge on any atom is 0.309 e. The van der Waals surface area contributed by atoms with Crippen molar-refractivity contribution in [1.82, 2.24) is 25.5 Å². The highest BCUT2D eigenvalue weighted by molar-refractivity contribution is 6.35. The van der Waals surface area contributed by atoms with Crippen molar-refractivity contribution in [3.05, 3.63) is 90.5 Å². The Morgan fingerprint density at radius 2 is 1.55 bits per heavy atom. The van der Waals surface area contributed by atoms with E-state index in [0.29, 0.717) is 6.54 Å². The van der Waals surface area contributed by atoms with Crippen LogP contribution in [0.5, 0.6) is 0 Å². The van der Waals surface area contributed by atoms with Gasteiger partial charge in [-0.2, -0.15) is 0 Å². The number of anilines is 1. The Balaban J connectivity index is 1.34. The molecule has 0 radical (unpaired) electrons. The number of pyridine rings is 2. The van der Waals surface area contributed by atoms with E-state index in [1.165, 1.54) is 5.69 Å². The van der Waals surface area contributed by atoms with Crippen LogP contribution in [-0.2, 0) is 16.1 Å². The molecule has 0 aliphatic carbocycles. The summed E-state index contributed by atoms with van der Waals surface area (Å²) >= 11 is 0. The van der Waals surface area contributed by atoms with Gasteiger partial charge in [0.05, 0.1) is 6.04 Å². The molecule has 8 heteroatoms. The molecule has 1 saturated heterocycles. The summed E-state index contributed by atoms with van der Waals surface area (Å²) in [6.45, 7) is 4.08. The molecule has 4 rings (SSSR count). The van der Waals surface area contributed by atoms with Gasteiger partial charge in [-0.05, 0) is 41.5 Å². The molecule has 1 aliphatic rings. The first-order valence-corrected chi connectivity index (χ1v) is 11.1. The average molecular weight is 445 g/mol. The summed E-state index contributed by atoms with van der Waals surface area (Å²) in [6.07, 6.45) is 6.86. The third kappa shape index (κ3) is 6.14. The highest BCUT2D eigenvalue weighted by Crippen LogP contribution is 2.23. The zero-order valence-electron chi connectivity index (χ0n) is 18.4. The molecule has 33 heavy (non-hydrogen) atoms. The van der Waals surface area contributed by atoms with Crippen molar-refractivity contribution in [1.29, 1.82) is 0 Å². The third-order valence-corrected chi connectivity index (χ3v) is 5.81. The van der Waals surface area contributed by atoms with E-state index in [9.17, 15) is 9.59 Å². The van der Waals surface area contributed by atoms with Crippen molar-refractivity contribution in [2.45, 2.75) is 12.6 Å². The lowest BCUT2D eigenvalue weighted by Crippen LogP contribution is -2.50. The van der Waals surface area contributed by atoms with Crippen molar-refractivity contribution < 1.29 is 9.59 Å². The molecular formula is C25H28N6O2. The molecule has 0 saturated carbocycles.